The molecule has 0 saturated carbocycles. The van der Waals surface area contributed by atoms with Gasteiger partial charge in [0, 0.05) is 16.5 Å². The van der Waals surface area contributed by atoms with Gasteiger partial charge in [0.15, 0.2) is 11.5 Å². The van der Waals surface area contributed by atoms with Gasteiger partial charge < -0.3 is 14.2 Å². The van der Waals surface area contributed by atoms with Crippen molar-refractivity contribution < 1.29 is 14.2 Å². The van der Waals surface area contributed by atoms with Gasteiger partial charge in [-0.1, -0.05) is 53.1 Å². The van der Waals surface area contributed by atoms with Crippen molar-refractivity contribution >= 4 is 22.5 Å². The van der Waals surface area contributed by atoms with Crippen molar-refractivity contribution in [1.82, 2.24) is 4.98 Å². The SMILES string of the molecule is [N-]=[N+]=NC(Cc1cc(Cl)c2cccnc2c1OCc1ccccc1)c1ccc2c(c1)OCO2. The van der Waals surface area contributed by atoms with Crippen LogP contribution in [0.15, 0.2) is 78.0 Å². The van der Waals surface area contributed by atoms with E-state index in [2.05, 4.69) is 15.0 Å². The van der Waals surface area contributed by atoms with E-state index in [1.54, 1.807) is 6.20 Å². The summed E-state index contributed by atoms with van der Waals surface area (Å²) in [5.41, 5.74) is 12.6. The quantitative estimate of drug-likeness (QED) is 0.173. The Kier molecular flexibility index (Phi) is 5.89. The van der Waals surface area contributed by atoms with E-state index in [0.717, 1.165) is 22.1 Å². The molecule has 1 aliphatic heterocycles. The number of nitrogens with zero attached hydrogens (tertiary/aromatic N) is 4. The van der Waals surface area contributed by atoms with E-state index < -0.39 is 6.04 Å². The molecule has 5 rings (SSSR count). The smallest absolute Gasteiger partial charge is 0.231 e. The number of halogens is 1. The van der Waals surface area contributed by atoms with Crippen LogP contribution in [-0.4, -0.2) is 11.8 Å². The van der Waals surface area contributed by atoms with Crippen LogP contribution in [0.25, 0.3) is 21.3 Å². The number of azide groups is 1. The number of aromatic nitrogens is 1. The number of rotatable bonds is 7. The Morgan fingerprint density at radius 1 is 1.06 bits per heavy atom. The van der Waals surface area contributed by atoms with Crippen molar-refractivity contribution in [3.8, 4) is 17.2 Å². The van der Waals surface area contributed by atoms with Gasteiger partial charge in [0.05, 0.1) is 11.1 Å². The first kappa shape index (κ1) is 20.9. The van der Waals surface area contributed by atoms with Crippen LogP contribution in [0.3, 0.4) is 0 Å². The molecule has 0 aliphatic carbocycles. The van der Waals surface area contributed by atoms with E-state index in [-0.39, 0.29) is 6.79 Å². The summed E-state index contributed by atoms with van der Waals surface area (Å²) in [6.45, 7) is 0.547. The lowest BCUT2D eigenvalue weighted by Gasteiger charge is -2.18. The second kappa shape index (κ2) is 9.28. The second-order valence-electron chi connectivity index (χ2n) is 7.56. The lowest BCUT2D eigenvalue weighted by atomic mass is 9.97. The molecule has 3 aromatic carbocycles. The third-order valence-electron chi connectivity index (χ3n) is 5.48. The van der Waals surface area contributed by atoms with Gasteiger partial charge in [-0.05, 0) is 59.0 Å². The maximum Gasteiger partial charge on any atom is 0.231 e. The summed E-state index contributed by atoms with van der Waals surface area (Å²) in [5.74, 6) is 1.92. The Labute approximate surface area is 195 Å². The van der Waals surface area contributed by atoms with Gasteiger partial charge in [0.1, 0.15) is 17.9 Å². The normalized spacial score (nSPS) is 12.9. The minimum Gasteiger partial charge on any atom is -0.486 e. The molecule has 0 radical (unpaired) electrons. The molecule has 7 nitrogen and oxygen atoms in total. The van der Waals surface area contributed by atoms with Gasteiger partial charge in [-0.15, -0.1) is 0 Å². The summed E-state index contributed by atoms with van der Waals surface area (Å²) in [7, 11) is 0. The van der Waals surface area contributed by atoms with Crippen LogP contribution < -0.4 is 14.2 Å². The van der Waals surface area contributed by atoms with Gasteiger partial charge in [-0.2, -0.15) is 0 Å². The number of fused-ring (bicyclic) bond motifs is 2. The minimum absolute atomic E-state index is 0.175. The van der Waals surface area contributed by atoms with E-state index >= 15 is 0 Å². The summed E-state index contributed by atoms with van der Waals surface area (Å²) >= 11 is 6.60. The van der Waals surface area contributed by atoms with Crippen LogP contribution in [0.1, 0.15) is 22.7 Å². The summed E-state index contributed by atoms with van der Waals surface area (Å²) in [5, 5.41) is 5.41. The molecule has 4 aromatic rings. The molecule has 8 heteroatoms. The lowest BCUT2D eigenvalue weighted by molar-refractivity contribution is 0.174. The van der Waals surface area contributed by atoms with Crippen LogP contribution in [0.4, 0.5) is 0 Å². The fraction of sp³-hybridized carbons (Fsp3) is 0.160. The van der Waals surface area contributed by atoms with Crippen LogP contribution in [0.2, 0.25) is 5.02 Å². The highest BCUT2D eigenvalue weighted by Gasteiger charge is 2.21. The Hall–Kier alpha value is -3.93. The number of benzene rings is 3. The molecule has 1 unspecified atom stereocenters. The molecule has 2 heterocycles. The molecule has 164 valence electrons. The van der Waals surface area contributed by atoms with Crippen LogP contribution in [-0.2, 0) is 13.0 Å². The lowest BCUT2D eigenvalue weighted by Crippen LogP contribution is -2.05. The fourth-order valence-corrected chi connectivity index (χ4v) is 4.17. The number of hydrogen-bond donors (Lipinski definition) is 0. The first-order chi connectivity index (χ1) is 16.2. The van der Waals surface area contributed by atoms with Gasteiger partial charge in [0.25, 0.3) is 0 Å². The maximum atomic E-state index is 9.25. The Morgan fingerprint density at radius 3 is 2.76 bits per heavy atom. The molecule has 0 bridgehead atoms. The van der Waals surface area contributed by atoms with E-state index in [9.17, 15) is 5.53 Å². The predicted octanol–water partition coefficient (Wildman–Crippen LogP) is 6.79. The predicted molar refractivity (Wildman–Crippen MR) is 126 cm³/mol. The standard InChI is InChI=1S/C25H19ClN4O3/c26-20-11-18(12-21(29-30-27)17-8-9-22-23(13-17)33-15-32-22)25(24-19(20)7-4-10-28-24)31-14-16-5-2-1-3-6-16/h1-11,13,21H,12,14-15H2. The van der Waals surface area contributed by atoms with Crippen LogP contribution >= 0.6 is 11.6 Å². The molecular formula is C25H19ClN4O3. The molecule has 1 aromatic heterocycles. The van der Waals surface area contributed by atoms with Crippen LogP contribution in [0, 0.1) is 0 Å². The van der Waals surface area contributed by atoms with Gasteiger partial charge >= 0.3 is 0 Å². The molecule has 0 spiro atoms. The van der Waals surface area contributed by atoms with Gasteiger partial charge in [-0.25, -0.2) is 0 Å². The third-order valence-corrected chi connectivity index (χ3v) is 5.80. The average Bonchev–Trinajstić information content (AvgIpc) is 3.32. The third kappa shape index (κ3) is 4.37. The topological polar surface area (TPSA) is 89.3 Å². The Bertz CT molecular complexity index is 1360. The monoisotopic (exact) mass is 458 g/mol. The van der Waals surface area contributed by atoms with E-state index in [1.807, 2.05) is 66.7 Å². The maximum absolute atomic E-state index is 9.25. The molecular weight excluding hydrogens is 440 g/mol. The average molecular weight is 459 g/mol. The van der Waals surface area contributed by atoms with Crippen molar-refractivity contribution in [2.75, 3.05) is 6.79 Å². The molecule has 1 aliphatic rings. The fourth-order valence-electron chi connectivity index (χ4n) is 3.89. The summed E-state index contributed by atoms with van der Waals surface area (Å²) in [6, 6.07) is 20.5. The van der Waals surface area contributed by atoms with E-state index in [4.69, 9.17) is 25.8 Å². The van der Waals surface area contributed by atoms with Crippen molar-refractivity contribution in [1.29, 1.82) is 0 Å². The summed E-state index contributed by atoms with van der Waals surface area (Å²) in [4.78, 5) is 7.61. The highest BCUT2D eigenvalue weighted by atomic mass is 35.5. The Balaban J connectivity index is 1.54. The van der Waals surface area contributed by atoms with Crippen LogP contribution in [0.5, 0.6) is 17.2 Å². The second-order valence-corrected chi connectivity index (χ2v) is 7.97. The van der Waals surface area contributed by atoms with E-state index in [1.165, 1.54) is 0 Å². The number of ether oxygens (including phenoxy) is 3. The Morgan fingerprint density at radius 2 is 1.91 bits per heavy atom. The highest BCUT2D eigenvalue weighted by Crippen LogP contribution is 2.39. The summed E-state index contributed by atoms with van der Waals surface area (Å²) < 4.78 is 17.2. The van der Waals surface area contributed by atoms with Crippen molar-refractivity contribution in [2.24, 2.45) is 5.11 Å². The first-order valence-corrected chi connectivity index (χ1v) is 10.8. The zero-order valence-electron chi connectivity index (χ0n) is 17.5. The van der Waals surface area contributed by atoms with Crippen molar-refractivity contribution in [3.63, 3.8) is 0 Å². The molecule has 33 heavy (non-hydrogen) atoms. The molecule has 0 amide bonds. The van der Waals surface area contributed by atoms with Crippen molar-refractivity contribution in [2.45, 2.75) is 19.1 Å². The molecule has 0 fully saturated rings. The molecule has 1 atom stereocenters. The minimum atomic E-state index is -0.499. The molecule has 0 saturated heterocycles. The zero-order valence-corrected chi connectivity index (χ0v) is 18.3. The largest absolute Gasteiger partial charge is 0.486 e. The number of hydrogen-bond acceptors (Lipinski definition) is 5. The highest BCUT2D eigenvalue weighted by molar-refractivity contribution is 6.35. The van der Waals surface area contributed by atoms with E-state index in [0.29, 0.717) is 40.8 Å². The van der Waals surface area contributed by atoms with Gasteiger partial charge in [-0.3, -0.25) is 4.98 Å². The summed E-state index contributed by atoms with van der Waals surface area (Å²) in [6.07, 6.45) is 2.08. The van der Waals surface area contributed by atoms with Crippen molar-refractivity contribution in [3.05, 3.63) is 105 Å². The zero-order chi connectivity index (χ0) is 22.6. The van der Waals surface area contributed by atoms with Gasteiger partial charge in [0.2, 0.25) is 6.79 Å². The number of pyridine rings is 1. The molecule has 0 N–H and O–H groups in total. The first-order valence-electron chi connectivity index (χ1n) is 10.4.